The lowest BCUT2D eigenvalue weighted by molar-refractivity contribution is 0.0816. The van der Waals surface area contributed by atoms with E-state index in [4.69, 9.17) is 4.74 Å². The third-order valence-electron chi connectivity index (χ3n) is 5.24. The second kappa shape index (κ2) is 6.37. The number of H-pyrrole nitrogens is 1. The molecule has 1 saturated heterocycles. The minimum atomic E-state index is -0.376. The lowest BCUT2D eigenvalue weighted by atomic mass is 9.74. The molecule has 0 amide bonds. The highest BCUT2D eigenvalue weighted by molar-refractivity contribution is 6.03. The molecule has 4 heteroatoms. The van der Waals surface area contributed by atoms with Gasteiger partial charge < -0.3 is 15.0 Å². The van der Waals surface area contributed by atoms with Crippen LogP contribution in [0.3, 0.4) is 0 Å². The summed E-state index contributed by atoms with van der Waals surface area (Å²) in [5.74, 6) is 1.07. The van der Waals surface area contributed by atoms with Crippen molar-refractivity contribution in [2.75, 3.05) is 20.2 Å². The Labute approximate surface area is 147 Å². The Balaban J connectivity index is 1.65. The van der Waals surface area contributed by atoms with Gasteiger partial charge in [-0.15, -0.1) is 0 Å². The third kappa shape index (κ3) is 2.94. The average molecular weight is 334 g/mol. The quantitative estimate of drug-likeness (QED) is 0.701. The molecule has 0 radical (unpaired) electrons. The van der Waals surface area contributed by atoms with Crippen LogP contribution in [0.2, 0.25) is 0 Å². The molecule has 1 unspecified atom stereocenters. The van der Waals surface area contributed by atoms with E-state index in [0.717, 1.165) is 48.1 Å². The van der Waals surface area contributed by atoms with Crippen molar-refractivity contribution in [2.45, 2.75) is 12.8 Å². The predicted molar refractivity (Wildman–Crippen MR) is 99.2 cm³/mol. The molecule has 1 aliphatic rings. The van der Waals surface area contributed by atoms with Gasteiger partial charge in [0.05, 0.1) is 12.5 Å². The van der Waals surface area contributed by atoms with Gasteiger partial charge in [-0.2, -0.15) is 0 Å². The summed E-state index contributed by atoms with van der Waals surface area (Å²) >= 11 is 0. The number of rotatable bonds is 5. The van der Waals surface area contributed by atoms with Crippen LogP contribution >= 0.6 is 0 Å². The number of fused-ring (bicyclic) bond motifs is 1. The van der Waals surface area contributed by atoms with E-state index in [1.54, 1.807) is 7.11 Å². The lowest BCUT2D eigenvalue weighted by Crippen LogP contribution is -2.35. The Morgan fingerprint density at radius 3 is 2.72 bits per heavy atom. The summed E-state index contributed by atoms with van der Waals surface area (Å²) < 4.78 is 5.23. The van der Waals surface area contributed by atoms with E-state index < -0.39 is 0 Å². The van der Waals surface area contributed by atoms with Gasteiger partial charge in [0, 0.05) is 29.2 Å². The fraction of sp³-hybridized carbons (Fsp3) is 0.286. The number of hydrogen-bond acceptors (Lipinski definition) is 3. The summed E-state index contributed by atoms with van der Waals surface area (Å²) in [6.45, 7) is 1.61. The van der Waals surface area contributed by atoms with Crippen molar-refractivity contribution in [3.05, 3.63) is 65.9 Å². The maximum atomic E-state index is 13.4. The molecule has 4 nitrogen and oxygen atoms in total. The summed E-state index contributed by atoms with van der Waals surface area (Å²) in [5, 5.41) is 4.47. The topological polar surface area (TPSA) is 54.1 Å². The fourth-order valence-electron chi connectivity index (χ4n) is 3.80. The van der Waals surface area contributed by atoms with Crippen molar-refractivity contribution in [1.29, 1.82) is 0 Å². The lowest BCUT2D eigenvalue weighted by Gasteiger charge is -2.27. The van der Waals surface area contributed by atoms with Gasteiger partial charge in [0.15, 0.2) is 5.78 Å². The molecule has 0 saturated carbocycles. The highest BCUT2D eigenvalue weighted by atomic mass is 16.5. The summed E-state index contributed by atoms with van der Waals surface area (Å²) in [7, 11) is 1.66. The minimum Gasteiger partial charge on any atom is -0.497 e. The number of carbonyl (C=O) groups is 1. The number of Topliss-reactive ketones (excluding diaryl/α,β-unsaturated/α-hetero) is 1. The van der Waals surface area contributed by atoms with Crippen LogP contribution in [-0.2, 0) is 6.42 Å². The Hall–Kier alpha value is -2.59. The van der Waals surface area contributed by atoms with Gasteiger partial charge in [0.2, 0.25) is 0 Å². The maximum absolute atomic E-state index is 13.4. The first kappa shape index (κ1) is 15.9. The highest BCUT2D eigenvalue weighted by Crippen LogP contribution is 2.35. The van der Waals surface area contributed by atoms with Crippen LogP contribution in [0.4, 0.5) is 0 Å². The molecule has 0 bridgehead atoms. The third-order valence-corrected chi connectivity index (χ3v) is 5.24. The molecule has 1 aliphatic heterocycles. The predicted octanol–water partition coefficient (Wildman–Crippen LogP) is 3.58. The van der Waals surface area contributed by atoms with Crippen LogP contribution in [-0.4, -0.2) is 31.0 Å². The number of aromatic nitrogens is 1. The normalized spacial score (nSPS) is 20.0. The van der Waals surface area contributed by atoms with Crippen molar-refractivity contribution in [1.82, 2.24) is 10.3 Å². The summed E-state index contributed by atoms with van der Waals surface area (Å²) in [4.78, 5) is 16.6. The maximum Gasteiger partial charge on any atom is 0.170 e. The fourth-order valence-corrected chi connectivity index (χ4v) is 3.80. The van der Waals surface area contributed by atoms with E-state index in [0.29, 0.717) is 0 Å². The molecular formula is C21H22N2O2. The largest absolute Gasteiger partial charge is 0.497 e. The number of ether oxygens (including phenoxy) is 1. The van der Waals surface area contributed by atoms with Gasteiger partial charge in [0.25, 0.3) is 0 Å². The number of aromatic amines is 1. The zero-order valence-corrected chi connectivity index (χ0v) is 14.3. The molecule has 2 heterocycles. The van der Waals surface area contributed by atoms with Crippen LogP contribution in [0.5, 0.6) is 5.75 Å². The second-order valence-corrected chi connectivity index (χ2v) is 6.84. The standard InChI is InChI=1S/C21H22N2O2/c1-25-18-5-2-15(3-6-18)13-21(9-11-22-14-21)20(24)17-4-7-19-16(12-17)8-10-23-19/h2-8,10,12,22-23H,9,11,13-14H2,1H3. The van der Waals surface area contributed by atoms with Crippen LogP contribution in [0.25, 0.3) is 10.9 Å². The number of carbonyl (C=O) groups excluding carboxylic acids is 1. The number of benzene rings is 2. The van der Waals surface area contributed by atoms with E-state index >= 15 is 0 Å². The molecule has 2 N–H and O–H groups in total. The Morgan fingerprint density at radius 1 is 1.16 bits per heavy atom. The van der Waals surface area contributed by atoms with Crippen molar-refractivity contribution < 1.29 is 9.53 Å². The first-order chi connectivity index (χ1) is 12.2. The number of methoxy groups -OCH3 is 1. The monoisotopic (exact) mass is 334 g/mol. The first-order valence-electron chi connectivity index (χ1n) is 8.66. The van der Waals surface area contributed by atoms with Gasteiger partial charge in [-0.1, -0.05) is 12.1 Å². The zero-order valence-electron chi connectivity index (χ0n) is 14.3. The van der Waals surface area contributed by atoms with Crippen LogP contribution in [0, 0.1) is 5.41 Å². The number of nitrogens with one attached hydrogen (secondary N) is 2. The zero-order chi connectivity index (χ0) is 17.3. The first-order valence-corrected chi connectivity index (χ1v) is 8.66. The van der Waals surface area contributed by atoms with Crippen LogP contribution in [0.15, 0.2) is 54.7 Å². The number of ketones is 1. The van der Waals surface area contributed by atoms with Crippen molar-refractivity contribution in [3.8, 4) is 5.75 Å². The molecule has 0 spiro atoms. The van der Waals surface area contributed by atoms with Gasteiger partial charge >= 0.3 is 0 Å². The van der Waals surface area contributed by atoms with E-state index in [-0.39, 0.29) is 11.2 Å². The van der Waals surface area contributed by atoms with E-state index in [1.165, 1.54) is 5.56 Å². The van der Waals surface area contributed by atoms with Gasteiger partial charge in [-0.3, -0.25) is 4.79 Å². The number of hydrogen-bond donors (Lipinski definition) is 2. The van der Waals surface area contributed by atoms with Gasteiger partial charge in [-0.25, -0.2) is 0 Å². The van der Waals surface area contributed by atoms with Crippen molar-refractivity contribution in [3.63, 3.8) is 0 Å². The molecule has 0 aliphatic carbocycles. The van der Waals surface area contributed by atoms with Crippen molar-refractivity contribution >= 4 is 16.7 Å². The smallest absolute Gasteiger partial charge is 0.170 e. The molecular weight excluding hydrogens is 312 g/mol. The SMILES string of the molecule is COc1ccc(CC2(C(=O)c3ccc4[nH]ccc4c3)CCNC2)cc1. The molecule has 1 atom stereocenters. The van der Waals surface area contributed by atoms with Gasteiger partial charge in [-0.05, 0) is 61.3 Å². The summed E-state index contributed by atoms with van der Waals surface area (Å²) in [5.41, 5.74) is 2.65. The van der Waals surface area contributed by atoms with E-state index in [9.17, 15) is 4.79 Å². The summed E-state index contributed by atoms with van der Waals surface area (Å²) in [6.07, 6.45) is 3.51. The Kier molecular flexibility index (Phi) is 4.06. The van der Waals surface area contributed by atoms with Gasteiger partial charge in [0.1, 0.15) is 5.75 Å². The molecule has 1 aromatic heterocycles. The molecule has 25 heavy (non-hydrogen) atoms. The molecule has 128 valence electrons. The van der Waals surface area contributed by atoms with Crippen molar-refractivity contribution in [2.24, 2.45) is 5.41 Å². The highest BCUT2D eigenvalue weighted by Gasteiger charge is 2.41. The Morgan fingerprint density at radius 2 is 2.00 bits per heavy atom. The van der Waals surface area contributed by atoms with E-state index in [2.05, 4.69) is 22.4 Å². The Bertz CT molecular complexity index is 890. The van der Waals surface area contributed by atoms with Crippen LogP contribution < -0.4 is 10.1 Å². The minimum absolute atomic E-state index is 0.233. The molecule has 4 rings (SSSR count). The van der Waals surface area contributed by atoms with E-state index in [1.807, 2.05) is 42.6 Å². The molecule has 3 aromatic rings. The van der Waals surface area contributed by atoms with Crippen LogP contribution in [0.1, 0.15) is 22.3 Å². The molecule has 1 fully saturated rings. The second-order valence-electron chi connectivity index (χ2n) is 6.84. The summed E-state index contributed by atoms with van der Waals surface area (Å²) in [6, 6.07) is 16.0. The average Bonchev–Trinajstić information content (AvgIpc) is 3.31. The molecule has 2 aromatic carbocycles.